The van der Waals surface area contributed by atoms with Crippen molar-refractivity contribution in [2.75, 3.05) is 7.11 Å². The topological polar surface area (TPSA) is 67.9 Å². The molecule has 3 aromatic carbocycles. The lowest BCUT2D eigenvalue weighted by atomic mass is 9.83. The molecule has 0 spiro atoms. The van der Waals surface area contributed by atoms with E-state index in [1.165, 1.54) is 13.2 Å². The molecular formula is C35H31F9N2O4. The van der Waals surface area contributed by atoms with Crippen LogP contribution in [0.4, 0.5) is 44.3 Å². The quantitative estimate of drug-likeness (QED) is 0.268. The fourth-order valence-electron chi connectivity index (χ4n) is 7.55. The summed E-state index contributed by atoms with van der Waals surface area (Å²) in [5.41, 5.74) is -3.23. The van der Waals surface area contributed by atoms with E-state index in [2.05, 4.69) is 5.32 Å². The number of fused-ring (bicyclic) bond motifs is 1. The molecule has 0 bridgehead atoms. The van der Waals surface area contributed by atoms with Crippen molar-refractivity contribution in [3.8, 4) is 16.9 Å². The zero-order valence-electron chi connectivity index (χ0n) is 26.8. The van der Waals surface area contributed by atoms with Gasteiger partial charge in [-0.05, 0) is 90.4 Å². The minimum atomic E-state index is -5.15. The number of cyclic esters (lactones) is 1. The second kappa shape index (κ2) is 12.4. The van der Waals surface area contributed by atoms with Crippen molar-refractivity contribution in [2.24, 2.45) is 5.92 Å². The molecule has 3 saturated heterocycles. The Morgan fingerprint density at radius 3 is 2.00 bits per heavy atom. The molecule has 3 aliphatic rings. The Morgan fingerprint density at radius 1 is 0.780 bits per heavy atom. The molecule has 15 heteroatoms. The molecule has 0 saturated carbocycles. The van der Waals surface area contributed by atoms with Crippen molar-refractivity contribution in [3.63, 3.8) is 0 Å². The third-order valence-electron chi connectivity index (χ3n) is 9.88. The van der Waals surface area contributed by atoms with Crippen LogP contribution in [0.5, 0.6) is 5.75 Å². The van der Waals surface area contributed by atoms with Gasteiger partial charge in [-0.3, -0.25) is 9.69 Å². The van der Waals surface area contributed by atoms with Crippen LogP contribution in [-0.2, 0) is 28.1 Å². The number of halogens is 9. The SMILES string of the molecule is COc1ccc(C2CCC(=O)NC2C)cc1-c1ccc(C(F)(F)F)cc1[C@@H]1C[C@@H](C)[C@H]2[C@@H](c3cc(C(F)(F)F)cc(C(F)(F)F)c3)OC(=O)N21. The second-order valence-electron chi connectivity index (χ2n) is 13.0. The predicted octanol–water partition coefficient (Wildman–Crippen LogP) is 9.44. The number of benzene rings is 3. The van der Waals surface area contributed by atoms with Gasteiger partial charge in [0.15, 0.2) is 0 Å². The van der Waals surface area contributed by atoms with Gasteiger partial charge in [0.2, 0.25) is 5.91 Å². The standard InChI is InChI=1S/C35H31F9N2O4/c1-16-10-27(46-30(16)31(50-32(46)48)19-11-21(34(39,40)41)14-22(12-19)35(42,43)44)25-15-20(33(36,37)38)5-6-24(25)26-13-18(4-8-28(26)49-3)23-7-9-29(47)45-17(23)2/h4-6,8,11-17,23,27,30-31H,7,9-10H2,1-3H3,(H,45,47)/t16-,17?,23?,27+,30+,31-/m1/s1. The lowest BCUT2D eigenvalue weighted by molar-refractivity contribution is -0.143. The van der Waals surface area contributed by atoms with E-state index >= 15 is 0 Å². The number of hydrogen-bond acceptors (Lipinski definition) is 4. The zero-order chi connectivity index (χ0) is 36.5. The molecule has 1 N–H and O–H groups in total. The summed E-state index contributed by atoms with van der Waals surface area (Å²) in [7, 11) is 1.38. The van der Waals surface area contributed by atoms with E-state index in [4.69, 9.17) is 9.47 Å². The lowest BCUT2D eigenvalue weighted by Gasteiger charge is -2.31. The molecule has 6 rings (SSSR count). The van der Waals surface area contributed by atoms with Crippen LogP contribution in [-0.4, -0.2) is 36.1 Å². The van der Waals surface area contributed by atoms with Crippen molar-refractivity contribution in [1.29, 1.82) is 0 Å². The maximum Gasteiger partial charge on any atom is 0.416 e. The van der Waals surface area contributed by atoms with E-state index in [0.29, 0.717) is 29.9 Å². The van der Waals surface area contributed by atoms with Gasteiger partial charge in [-0.25, -0.2) is 4.79 Å². The third kappa shape index (κ3) is 6.46. The van der Waals surface area contributed by atoms with Crippen LogP contribution >= 0.6 is 0 Å². The molecule has 2 unspecified atom stereocenters. The van der Waals surface area contributed by atoms with E-state index < -0.39 is 71.0 Å². The normalized spacial score (nSPS) is 25.7. The summed E-state index contributed by atoms with van der Waals surface area (Å²) in [6.07, 6.45) is -16.9. The summed E-state index contributed by atoms with van der Waals surface area (Å²) in [6.45, 7) is 3.45. The van der Waals surface area contributed by atoms with Crippen LogP contribution in [0.25, 0.3) is 11.1 Å². The number of rotatable bonds is 5. The van der Waals surface area contributed by atoms with E-state index in [9.17, 15) is 49.1 Å². The lowest BCUT2D eigenvalue weighted by Crippen LogP contribution is -2.41. The van der Waals surface area contributed by atoms with Gasteiger partial charge >= 0.3 is 24.6 Å². The number of amides is 2. The Labute approximate surface area is 280 Å². The first-order valence-corrected chi connectivity index (χ1v) is 15.7. The van der Waals surface area contributed by atoms with Gasteiger partial charge in [-0.1, -0.05) is 19.1 Å². The summed E-state index contributed by atoms with van der Waals surface area (Å²) in [6, 6.07) is 6.77. The molecule has 6 nitrogen and oxygen atoms in total. The van der Waals surface area contributed by atoms with Crippen LogP contribution in [0.2, 0.25) is 0 Å². The molecule has 3 fully saturated rings. The fraction of sp³-hybridized carbons (Fsp3) is 0.429. The number of methoxy groups -OCH3 is 1. The highest BCUT2D eigenvalue weighted by atomic mass is 19.4. The zero-order valence-corrected chi connectivity index (χ0v) is 26.8. The van der Waals surface area contributed by atoms with Gasteiger partial charge in [0.25, 0.3) is 0 Å². The van der Waals surface area contributed by atoms with Gasteiger partial charge in [0, 0.05) is 23.9 Å². The number of carbonyl (C=O) groups excluding carboxylic acids is 2. The van der Waals surface area contributed by atoms with E-state index in [0.717, 1.165) is 22.6 Å². The van der Waals surface area contributed by atoms with Gasteiger partial charge in [-0.15, -0.1) is 0 Å². The van der Waals surface area contributed by atoms with Crippen LogP contribution < -0.4 is 10.1 Å². The molecule has 0 radical (unpaired) electrons. The minimum absolute atomic E-state index is 0.0304. The molecule has 50 heavy (non-hydrogen) atoms. The Morgan fingerprint density at radius 2 is 1.42 bits per heavy atom. The highest BCUT2D eigenvalue weighted by Crippen LogP contribution is 2.54. The van der Waals surface area contributed by atoms with Crippen molar-refractivity contribution < 1.29 is 58.6 Å². The molecule has 268 valence electrons. The molecule has 3 heterocycles. The number of nitrogens with one attached hydrogen (secondary N) is 1. The highest BCUT2D eigenvalue weighted by molar-refractivity contribution is 5.79. The summed E-state index contributed by atoms with van der Waals surface area (Å²) < 4.78 is 136. The summed E-state index contributed by atoms with van der Waals surface area (Å²) in [5.74, 6) is -0.555. The fourth-order valence-corrected chi connectivity index (χ4v) is 7.55. The Balaban J connectivity index is 1.47. The molecule has 3 aliphatic heterocycles. The first-order chi connectivity index (χ1) is 23.3. The Hall–Kier alpha value is -4.43. The average molecular weight is 715 g/mol. The van der Waals surface area contributed by atoms with Crippen LogP contribution in [0.15, 0.2) is 54.6 Å². The largest absolute Gasteiger partial charge is 0.496 e. The average Bonchev–Trinajstić information content (AvgIpc) is 3.56. The number of hydrogen-bond donors (Lipinski definition) is 1. The summed E-state index contributed by atoms with van der Waals surface area (Å²) in [5, 5.41) is 2.89. The predicted molar refractivity (Wildman–Crippen MR) is 161 cm³/mol. The number of carbonyl (C=O) groups is 2. The third-order valence-corrected chi connectivity index (χ3v) is 9.88. The smallest absolute Gasteiger partial charge is 0.416 e. The maximum atomic E-state index is 14.1. The van der Waals surface area contributed by atoms with E-state index in [1.54, 1.807) is 25.1 Å². The second-order valence-corrected chi connectivity index (χ2v) is 13.0. The molecule has 0 aromatic heterocycles. The van der Waals surface area contributed by atoms with Crippen LogP contribution in [0.1, 0.15) is 84.6 Å². The van der Waals surface area contributed by atoms with Gasteiger partial charge < -0.3 is 14.8 Å². The minimum Gasteiger partial charge on any atom is -0.496 e. The summed E-state index contributed by atoms with van der Waals surface area (Å²) >= 11 is 0. The Bertz CT molecular complexity index is 1790. The van der Waals surface area contributed by atoms with Crippen LogP contribution in [0.3, 0.4) is 0 Å². The van der Waals surface area contributed by atoms with Crippen LogP contribution in [0, 0.1) is 5.92 Å². The molecule has 6 atom stereocenters. The van der Waals surface area contributed by atoms with E-state index in [1.807, 2.05) is 6.92 Å². The number of piperidine rings is 1. The Kier molecular flexibility index (Phi) is 8.79. The first-order valence-electron chi connectivity index (χ1n) is 15.7. The highest BCUT2D eigenvalue weighted by Gasteiger charge is 2.55. The molecule has 0 aliphatic carbocycles. The van der Waals surface area contributed by atoms with Gasteiger partial charge in [0.05, 0.1) is 35.9 Å². The van der Waals surface area contributed by atoms with Crippen molar-refractivity contribution >= 4 is 12.0 Å². The van der Waals surface area contributed by atoms with Gasteiger partial charge in [-0.2, -0.15) is 39.5 Å². The van der Waals surface area contributed by atoms with E-state index in [-0.39, 0.29) is 47.9 Å². The van der Waals surface area contributed by atoms with Crippen molar-refractivity contribution in [2.45, 2.75) is 81.8 Å². The molecule has 2 amide bonds. The molecular weight excluding hydrogens is 683 g/mol. The number of nitrogens with zero attached hydrogens (tertiary/aromatic N) is 1. The molecule has 3 aromatic rings. The maximum absolute atomic E-state index is 14.1. The van der Waals surface area contributed by atoms with Crippen molar-refractivity contribution in [3.05, 3.63) is 88.0 Å². The van der Waals surface area contributed by atoms with Crippen molar-refractivity contribution in [1.82, 2.24) is 10.2 Å². The summed E-state index contributed by atoms with van der Waals surface area (Å²) in [4.78, 5) is 26.6. The van der Waals surface area contributed by atoms with Gasteiger partial charge in [0.1, 0.15) is 11.9 Å². The number of ether oxygens (including phenoxy) is 2. The first kappa shape index (κ1) is 35.4. The number of alkyl halides is 9. The monoisotopic (exact) mass is 714 g/mol.